The van der Waals surface area contributed by atoms with Gasteiger partial charge in [0.15, 0.2) is 0 Å². The number of amides is 1. The van der Waals surface area contributed by atoms with Gasteiger partial charge in [-0.15, -0.1) is 0 Å². The highest BCUT2D eigenvalue weighted by Crippen LogP contribution is 2.12. The van der Waals surface area contributed by atoms with Crippen LogP contribution in [0.4, 0.5) is 0 Å². The summed E-state index contributed by atoms with van der Waals surface area (Å²) >= 11 is 0. The van der Waals surface area contributed by atoms with Crippen LogP contribution in [0.1, 0.15) is 43.1 Å². The summed E-state index contributed by atoms with van der Waals surface area (Å²) in [6.07, 6.45) is 3.59. The van der Waals surface area contributed by atoms with E-state index in [1.807, 2.05) is 11.8 Å². The highest BCUT2D eigenvalue weighted by molar-refractivity contribution is 5.95. The SMILES string of the molecule is CCC(C)CN(CC)C(=O)c1cccc(C=CC(=O)O)c1. The maximum atomic E-state index is 12.5. The molecule has 1 aromatic carbocycles. The molecule has 114 valence electrons. The normalized spacial score (nSPS) is 12.3. The summed E-state index contributed by atoms with van der Waals surface area (Å²) < 4.78 is 0. The molecule has 1 unspecified atom stereocenters. The molecule has 1 N–H and O–H groups in total. The standard InChI is InChI=1S/C17H23NO3/c1-4-13(3)12-18(5-2)17(21)15-8-6-7-14(11-15)9-10-16(19)20/h6-11,13H,4-5,12H2,1-3H3,(H,19,20). The fourth-order valence-electron chi connectivity index (χ4n) is 1.99. The predicted octanol–water partition coefficient (Wildman–Crippen LogP) is 3.29. The van der Waals surface area contributed by atoms with E-state index in [1.54, 1.807) is 24.3 Å². The van der Waals surface area contributed by atoms with Crippen LogP contribution in [0, 0.1) is 5.92 Å². The molecule has 0 heterocycles. The van der Waals surface area contributed by atoms with E-state index in [-0.39, 0.29) is 5.91 Å². The number of carbonyl (C=O) groups excluding carboxylic acids is 1. The average molecular weight is 289 g/mol. The summed E-state index contributed by atoms with van der Waals surface area (Å²) in [4.78, 5) is 24.9. The van der Waals surface area contributed by atoms with E-state index in [4.69, 9.17) is 5.11 Å². The largest absolute Gasteiger partial charge is 0.478 e. The Morgan fingerprint density at radius 3 is 2.62 bits per heavy atom. The lowest BCUT2D eigenvalue weighted by Gasteiger charge is -2.24. The lowest BCUT2D eigenvalue weighted by molar-refractivity contribution is -0.131. The lowest BCUT2D eigenvalue weighted by Crippen LogP contribution is -2.34. The Morgan fingerprint density at radius 1 is 1.33 bits per heavy atom. The molecule has 1 aromatic rings. The molecule has 0 aliphatic rings. The molecule has 4 nitrogen and oxygen atoms in total. The monoisotopic (exact) mass is 289 g/mol. The Bertz CT molecular complexity index is 523. The van der Waals surface area contributed by atoms with Gasteiger partial charge in [-0.05, 0) is 36.6 Å². The zero-order valence-electron chi connectivity index (χ0n) is 12.9. The molecule has 1 amide bonds. The van der Waals surface area contributed by atoms with Crippen molar-refractivity contribution in [3.63, 3.8) is 0 Å². The Balaban J connectivity index is 2.90. The summed E-state index contributed by atoms with van der Waals surface area (Å²) in [7, 11) is 0. The van der Waals surface area contributed by atoms with Crippen LogP contribution in [-0.2, 0) is 4.79 Å². The van der Waals surface area contributed by atoms with Crippen molar-refractivity contribution in [3.8, 4) is 0 Å². The minimum Gasteiger partial charge on any atom is -0.478 e. The summed E-state index contributed by atoms with van der Waals surface area (Å²) in [5.41, 5.74) is 1.30. The van der Waals surface area contributed by atoms with E-state index < -0.39 is 5.97 Å². The predicted molar refractivity (Wildman–Crippen MR) is 84.1 cm³/mol. The van der Waals surface area contributed by atoms with Gasteiger partial charge in [-0.25, -0.2) is 4.79 Å². The quantitative estimate of drug-likeness (QED) is 0.784. The van der Waals surface area contributed by atoms with E-state index in [2.05, 4.69) is 13.8 Å². The number of carboxylic acid groups (broad SMARTS) is 1. The van der Waals surface area contributed by atoms with Crippen molar-refractivity contribution in [1.29, 1.82) is 0 Å². The second-order valence-electron chi connectivity index (χ2n) is 5.15. The Morgan fingerprint density at radius 2 is 2.05 bits per heavy atom. The van der Waals surface area contributed by atoms with E-state index in [0.717, 1.165) is 19.0 Å². The van der Waals surface area contributed by atoms with Crippen LogP contribution in [0.5, 0.6) is 0 Å². The lowest BCUT2D eigenvalue weighted by atomic mass is 10.1. The van der Waals surface area contributed by atoms with Gasteiger partial charge in [0.2, 0.25) is 0 Å². The molecule has 0 fully saturated rings. The summed E-state index contributed by atoms with van der Waals surface area (Å²) in [6, 6.07) is 7.04. The second-order valence-corrected chi connectivity index (χ2v) is 5.15. The minimum absolute atomic E-state index is 0.0108. The first-order chi connectivity index (χ1) is 9.97. The number of aliphatic carboxylic acids is 1. The fourth-order valence-corrected chi connectivity index (χ4v) is 1.99. The van der Waals surface area contributed by atoms with Crippen molar-refractivity contribution >= 4 is 18.0 Å². The zero-order chi connectivity index (χ0) is 15.8. The van der Waals surface area contributed by atoms with Gasteiger partial charge in [-0.1, -0.05) is 32.4 Å². The van der Waals surface area contributed by atoms with Crippen LogP contribution in [0.25, 0.3) is 6.08 Å². The number of carbonyl (C=O) groups is 2. The minimum atomic E-state index is -1.00. The van der Waals surface area contributed by atoms with Crippen LogP contribution in [0.15, 0.2) is 30.3 Å². The number of rotatable bonds is 7. The smallest absolute Gasteiger partial charge is 0.328 e. The van der Waals surface area contributed by atoms with Crippen molar-refractivity contribution in [2.75, 3.05) is 13.1 Å². The van der Waals surface area contributed by atoms with Crippen LogP contribution >= 0.6 is 0 Å². The Hall–Kier alpha value is -2.10. The van der Waals surface area contributed by atoms with E-state index in [1.165, 1.54) is 6.08 Å². The average Bonchev–Trinajstić information content (AvgIpc) is 2.49. The van der Waals surface area contributed by atoms with E-state index in [0.29, 0.717) is 23.6 Å². The summed E-state index contributed by atoms with van der Waals surface area (Å²) in [5, 5.41) is 8.64. The van der Waals surface area contributed by atoms with Crippen molar-refractivity contribution < 1.29 is 14.7 Å². The van der Waals surface area contributed by atoms with Gasteiger partial charge in [-0.2, -0.15) is 0 Å². The third-order valence-electron chi connectivity index (χ3n) is 3.45. The second kappa shape index (κ2) is 8.25. The molecular weight excluding hydrogens is 266 g/mol. The topological polar surface area (TPSA) is 57.6 Å². The molecule has 21 heavy (non-hydrogen) atoms. The summed E-state index contributed by atoms with van der Waals surface area (Å²) in [6.45, 7) is 7.61. The molecule has 0 bridgehead atoms. The first-order valence-corrected chi connectivity index (χ1v) is 7.28. The van der Waals surface area contributed by atoms with Gasteiger partial charge in [0.25, 0.3) is 5.91 Å². The van der Waals surface area contributed by atoms with Crippen molar-refractivity contribution in [1.82, 2.24) is 4.90 Å². The van der Waals surface area contributed by atoms with E-state index in [9.17, 15) is 9.59 Å². The first kappa shape index (κ1) is 17.0. The maximum absolute atomic E-state index is 12.5. The molecule has 1 atom stereocenters. The highest BCUT2D eigenvalue weighted by atomic mass is 16.4. The molecule has 0 radical (unpaired) electrons. The molecular formula is C17H23NO3. The molecule has 0 spiro atoms. The number of hydrogen-bond donors (Lipinski definition) is 1. The zero-order valence-corrected chi connectivity index (χ0v) is 12.9. The molecule has 0 aliphatic carbocycles. The van der Waals surface area contributed by atoms with E-state index >= 15 is 0 Å². The molecule has 0 saturated carbocycles. The Labute approximate surface area is 126 Å². The fraction of sp³-hybridized carbons (Fsp3) is 0.412. The van der Waals surface area contributed by atoms with Gasteiger partial charge >= 0.3 is 5.97 Å². The number of hydrogen-bond acceptors (Lipinski definition) is 2. The van der Waals surface area contributed by atoms with Gasteiger partial charge in [0.05, 0.1) is 0 Å². The van der Waals surface area contributed by atoms with Crippen molar-refractivity contribution in [2.24, 2.45) is 5.92 Å². The maximum Gasteiger partial charge on any atom is 0.328 e. The molecule has 0 aromatic heterocycles. The van der Waals surface area contributed by atoms with Crippen LogP contribution in [0.2, 0.25) is 0 Å². The van der Waals surface area contributed by atoms with Crippen LogP contribution < -0.4 is 0 Å². The third-order valence-corrected chi connectivity index (χ3v) is 3.45. The van der Waals surface area contributed by atoms with Gasteiger partial charge in [-0.3, -0.25) is 4.79 Å². The first-order valence-electron chi connectivity index (χ1n) is 7.28. The molecule has 0 aliphatic heterocycles. The molecule has 0 saturated heterocycles. The molecule has 1 rings (SSSR count). The summed E-state index contributed by atoms with van der Waals surface area (Å²) in [5.74, 6) is -0.550. The number of carboxylic acids is 1. The van der Waals surface area contributed by atoms with Crippen LogP contribution in [0.3, 0.4) is 0 Å². The van der Waals surface area contributed by atoms with Crippen molar-refractivity contribution in [3.05, 3.63) is 41.5 Å². The van der Waals surface area contributed by atoms with Crippen LogP contribution in [-0.4, -0.2) is 35.0 Å². The van der Waals surface area contributed by atoms with Crippen molar-refractivity contribution in [2.45, 2.75) is 27.2 Å². The van der Waals surface area contributed by atoms with Gasteiger partial charge in [0.1, 0.15) is 0 Å². The highest BCUT2D eigenvalue weighted by Gasteiger charge is 2.16. The van der Waals surface area contributed by atoms with Gasteiger partial charge < -0.3 is 10.0 Å². The van der Waals surface area contributed by atoms with Gasteiger partial charge in [0, 0.05) is 24.7 Å². The Kier molecular flexibility index (Phi) is 6.66. The molecule has 4 heteroatoms. The third kappa shape index (κ3) is 5.42. The number of nitrogens with zero attached hydrogens (tertiary/aromatic N) is 1. The number of benzene rings is 1.